The third-order valence-electron chi connectivity index (χ3n) is 5.05. The monoisotopic (exact) mass is 472 g/mol. The summed E-state index contributed by atoms with van der Waals surface area (Å²) in [6.45, 7) is 2.06. The van der Waals surface area contributed by atoms with Crippen molar-refractivity contribution in [2.75, 3.05) is 23.9 Å². The number of hydrogen-bond acceptors (Lipinski definition) is 5. The lowest BCUT2D eigenvalue weighted by atomic mass is 10.0. The zero-order valence-corrected chi connectivity index (χ0v) is 19.4. The van der Waals surface area contributed by atoms with Crippen molar-refractivity contribution >= 4 is 57.5 Å². The second-order valence-corrected chi connectivity index (χ2v) is 8.85. The van der Waals surface area contributed by atoms with Crippen molar-refractivity contribution in [3.63, 3.8) is 0 Å². The van der Waals surface area contributed by atoms with Crippen LogP contribution in [0.5, 0.6) is 0 Å². The van der Waals surface area contributed by atoms with Crippen LogP contribution in [0.3, 0.4) is 0 Å². The van der Waals surface area contributed by atoms with E-state index in [-0.39, 0.29) is 24.6 Å². The van der Waals surface area contributed by atoms with Gasteiger partial charge in [-0.15, -0.1) is 11.3 Å². The number of hydrogen-bond donors (Lipinski definition) is 2. The van der Waals surface area contributed by atoms with Crippen LogP contribution in [0.15, 0.2) is 54.0 Å². The van der Waals surface area contributed by atoms with Crippen molar-refractivity contribution in [2.45, 2.75) is 19.0 Å². The van der Waals surface area contributed by atoms with Crippen LogP contribution in [0.4, 0.5) is 11.4 Å². The second kappa shape index (κ2) is 9.32. The summed E-state index contributed by atoms with van der Waals surface area (Å²) in [5.41, 5.74) is 3.47. The lowest BCUT2D eigenvalue weighted by Gasteiger charge is -2.28. The van der Waals surface area contributed by atoms with Gasteiger partial charge in [-0.3, -0.25) is 9.78 Å². The average molecular weight is 473 g/mol. The van der Waals surface area contributed by atoms with E-state index in [4.69, 9.17) is 28.6 Å². The number of ether oxygens (including phenoxy) is 1. The minimum atomic E-state index is -0.266. The summed E-state index contributed by atoms with van der Waals surface area (Å²) in [5.74, 6) is -0.266. The quantitative estimate of drug-likeness (QED) is 0.499. The highest BCUT2D eigenvalue weighted by Gasteiger charge is 2.42. The van der Waals surface area contributed by atoms with E-state index >= 15 is 0 Å². The van der Waals surface area contributed by atoms with E-state index in [1.54, 1.807) is 23.6 Å². The largest absolute Gasteiger partial charge is 0.375 e. The van der Waals surface area contributed by atoms with Gasteiger partial charge in [0, 0.05) is 23.9 Å². The molecule has 0 radical (unpaired) electrons. The molecule has 0 aliphatic carbocycles. The Balaban J connectivity index is 1.72. The van der Waals surface area contributed by atoms with Gasteiger partial charge in [0.1, 0.15) is 6.61 Å². The summed E-state index contributed by atoms with van der Waals surface area (Å²) in [5, 5.41) is 9.30. The number of aryl methyl sites for hydroxylation is 1. The number of pyridine rings is 1. The van der Waals surface area contributed by atoms with Crippen molar-refractivity contribution in [1.82, 2.24) is 10.3 Å². The number of halogens is 1. The maximum absolute atomic E-state index is 11.9. The Morgan fingerprint density at radius 2 is 2.19 bits per heavy atom. The van der Waals surface area contributed by atoms with Crippen LogP contribution in [0.25, 0.3) is 0 Å². The zero-order valence-electron chi connectivity index (χ0n) is 17.0. The fourth-order valence-electron chi connectivity index (χ4n) is 3.66. The molecular formula is C22H21ClN4O2S2. The number of benzene rings is 1. The van der Waals surface area contributed by atoms with E-state index < -0.39 is 0 Å². The number of thiophene rings is 1. The molecule has 0 bridgehead atoms. The minimum absolute atomic E-state index is 0.0380. The zero-order chi connectivity index (χ0) is 22.0. The highest BCUT2D eigenvalue weighted by Crippen LogP contribution is 2.45. The Morgan fingerprint density at radius 3 is 2.84 bits per heavy atom. The molecule has 160 valence electrons. The highest BCUT2D eigenvalue weighted by molar-refractivity contribution is 7.80. The first-order valence-corrected chi connectivity index (χ1v) is 11.3. The molecule has 1 aromatic carbocycles. The van der Waals surface area contributed by atoms with Gasteiger partial charge in [0.15, 0.2) is 5.11 Å². The number of thiocarbonyl (C=S) groups is 1. The van der Waals surface area contributed by atoms with Gasteiger partial charge in [0.25, 0.3) is 0 Å². The predicted octanol–water partition coefficient (Wildman–Crippen LogP) is 4.87. The van der Waals surface area contributed by atoms with Gasteiger partial charge in [0.2, 0.25) is 5.91 Å². The van der Waals surface area contributed by atoms with Gasteiger partial charge >= 0.3 is 0 Å². The summed E-state index contributed by atoms with van der Waals surface area (Å²) in [6, 6.07) is 13.3. The number of carbonyl (C=O) groups excluding carboxylic acids is 1. The van der Waals surface area contributed by atoms with Gasteiger partial charge in [0.05, 0.1) is 28.5 Å². The van der Waals surface area contributed by atoms with Gasteiger partial charge in [-0.25, -0.2) is 0 Å². The van der Waals surface area contributed by atoms with Crippen molar-refractivity contribution in [2.24, 2.45) is 0 Å². The molecule has 0 saturated carbocycles. The highest BCUT2D eigenvalue weighted by atomic mass is 35.5. The summed E-state index contributed by atoms with van der Waals surface area (Å²) < 4.78 is 4.86. The van der Waals surface area contributed by atoms with Crippen LogP contribution in [-0.2, 0) is 9.53 Å². The van der Waals surface area contributed by atoms with Crippen molar-refractivity contribution in [1.29, 1.82) is 0 Å². The smallest absolute Gasteiger partial charge is 0.250 e. The number of methoxy groups -OCH3 is 1. The SMILES string of the molecule is COCC(=O)Nc1ccc(N2C(=S)N[C@H](c3ccccn3)[C@H]2c2sccc2C)cc1Cl. The van der Waals surface area contributed by atoms with Crippen LogP contribution < -0.4 is 15.5 Å². The van der Waals surface area contributed by atoms with Crippen LogP contribution in [-0.4, -0.2) is 29.7 Å². The van der Waals surface area contributed by atoms with Gasteiger partial charge in [-0.2, -0.15) is 0 Å². The normalized spacial score (nSPS) is 18.2. The lowest BCUT2D eigenvalue weighted by molar-refractivity contribution is -0.119. The number of nitrogens with one attached hydrogen (secondary N) is 2. The maximum Gasteiger partial charge on any atom is 0.250 e. The molecule has 6 nitrogen and oxygen atoms in total. The molecule has 3 heterocycles. The number of rotatable bonds is 6. The molecule has 2 atom stereocenters. The molecule has 1 fully saturated rings. The molecule has 31 heavy (non-hydrogen) atoms. The third-order valence-corrected chi connectivity index (χ3v) is 6.77. The van der Waals surface area contributed by atoms with E-state index in [2.05, 4.69) is 38.9 Å². The summed E-state index contributed by atoms with van der Waals surface area (Å²) in [4.78, 5) is 19.7. The Kier molecular flexibility index (Phi) is 6.52. The molecule has 2 aromatic heterocycles. The average Bonchev–Trinajstić information content (AvgIpc) is 3.32. The van der Waals surface area contributed by atoms with Crippen molar-refractivity contribution in [3.8, 4) is 0 Å². The molecule has 1 amide bonds. The summed E-state index contributed by atoms with van der Waals surface area (Å²) in [7, 11) is 1.47. The lowest BCUT2D eigenvalue weighted by Crippen LogP contribution is -2.29. The number of anilines is 2. The number of aromatic nitrogens is 1. The fraction of sp³-hybridized carbons (Fsp3) is 0.227. The molecule has 3 aromatic rings. The third kappa shape index (κ3) is 4.43. The molecule has 0 unspecified atom stereocenters. The van der Waals surface area contributed by atoms with Crippen molar-refractivity contribution in [3.05, 3.63) is 75.2 Å². The van der Waals surface area contributed by atoms with E-state index in [0.29, 0.717) is 15.8 Å². The molecule has 1 aliphatic heterocycles. The maximum atomic E-state index is 11.9. The van der Waals surface area contributed by atoms with Crippen molar-refractivity contribution < 1.29 is 9.53 Å². The van der Waals surface area contributed by atoms with Crippen LogP contribution >= 0.6 is 35.2 Å². The van der Waals surface area contributed by atoms with Gasteiger partial charge in [-0.1, -0.05) is 17.7 Å². The molecule has 9 heteroatoms. The molecular weight excluding hydrogens is 452 g/mol. The molecule has 4 rings (SSSR count). The topological polar surface area (TPSA) is 66.5 Å². The first-order valence-electron chi connectivity index (χ1n) is 9.62. The van der Waals surface area contributed by atoms with E-state index in [0.717, 1.165) is 11.4 Å². The summed E-state index contributed by atoms with van der Waals surface area (Å²) >= 11 is 13.9. The molecule has 1 saturated heterocycles. The first-order chi connectivity index (χ1) is 15.0. The summed E-state index contributed by atoms with van der Waals surface area (Å²) in [6.07, 6.45) is 1.79. The van der Waals surface area contributed by atoms with Crippen LogP contribution in [0, 0.1) is 6.92 Å². The number of amides is 1. The van der Waals surface area contributed by atoms with E-state index in [1.165, 1.54) is 17.6 Å². The Bertz CT molecular complexity index is 1110. The molecule has 1 aliphatic rings. The second-order valence-electron chi connectivity index (χ2n) is 7.11. The van der Waals surface area contributed by atoms with E-state index in [9.17, 15) is 4.79 Å². The standard InChI is InChI=1S/C22H21ClN4O2S2/c1-13-8-10-31-21(13)20-19(17-5-3-4-9-24-17)26-22(30)27(20)14-6-7-16(15(23)11-14)25-18(28)12-29-2/h3-11,19-20H,12H2,1-2H3,(H,25,28)(H,26,30)/t19-,20+/m1/s1. The van der Waals surface area contributed by atoms with E-state index in [1.807, 2.05) is 30.3 Å². The Morgan fingerprint density at radius 1 is 1.35 bits per heavy atom. The van der Waals surface area contributed by atoms with Crippen LogP contribution in [0.2, 0.25) is 5.02 Å². The molecule has 0 spiro atoms. The Hall–Kier alpha value is -2.52. The van der Waals surface area contributed by atoms with Gasteiger partial charge < -0.3 is 20.3 Å². The number of carbonyl (C=O) groups is 1. The number of nitrogens with zero attached hydrogens (tertiary/aromatic N) is 2. The fourth-order valence-corrected chi connectivity index (χ4v) is 5.28. The Labute approximate surface area is 195 Å². The van der Waals surface area contributed by atoms with Crippen LogP contribution in [0.1, 0.15) is 28.2 Å². The molecule has 2 N–H and O–H groups in total. The first kappa shape index (κ1) is 21.7. The predicted molar refractivity (Wildman–Crippen MR) is 129 cm³/mol. The minimum Gasteiger partial charge on any atom is -0.375 e. The van der Waals surface area contributed by atoms with Gasteiger partial charge in [-0.05, 0) is 66.5 Å².